The molecule has 4 aromatic rings. The Morgan fingerprint density at radius 1 is 1.00 bits per heavy atom. The molecule has 0 saturated carbocycles. The highest BCUT2D eigenvalue weighted by molar-refractivity contribution is 6.29. The van der Waals surface area contributed by atoms with Crippen molar-refractivity contribution in [2.45, 2.75) is 5.92 Å². The third kappa shape index (κ3) is 4.01. The van der Waals surface area contributed by atoms with Gasteiger partial charge in [-0.1, -0.05) is 72.0 Å². The van der Waals surface area contributed by atoms with Gasteiger partial charge in [-0.3, -0.25) is 4.98 Å². The summed E-state index contributed by atoms with van der Waals surface area (Å²) in [6.07, 6.45) is 1.02. The first-order chi connectivity index (χ1) is 15.7. The lowest BCUT2D eigenvalue weighted by Gasteiger charge is -2.14. The minimum Gasteiger partial charge on any atom is -0.449 e. The summed E-state index contributed by atoms with van der Waals surface area (Å²) in [5.41, 5.74) is 6.95. The average molecular weight is 440 g/mol. The molecule has 0 fully saturated rings. The maximum atomic E-state index is 12.2. The van der Waals surface area contributed by atoms with Crippen molar-refractivity contribution in [2.75, 3.05) is 13.2 Å². The monoisotopic (exact) mass is 439 g/mol. The SMILES string of the molecule is O=C(NCC#Cc1ccc2ncc(Cl)nc2c1)OCC1c2ccccc2-c2ccccc21. The van der Waals surface area contributed by atoms with Gasteiger partial charge in [0.25, 0.3) is 0 Å². The van der Waals surface area contributed by atoms with E-state index in [-0.39, 0.29) is 19.1 Å². The van der Waals surface area contributed by atoms with Crippen LogP contribution >= 0.6 is 11.6 Å². The lowest BCUT2D eigenvalue weighted by Crippen LogP contribution is -2.26. The van der Waals surface area contributed by atoms with Gasteiger partial charge in [0.2, 0.25) is 0 Å². The number of alkyl carbamates (subject to hydrolysis) is 1. The number of benzene rings is 3. The Balaban J connectivity index is 1.19. The number of nitrogens with zero attached hydrogens (tertiary/aromatic N) is 2. The van der Waals surface area contributed by atoms with Crippen molar-refractivity contribution in [3.63, 3.8) is 0 Å². The van der Waals surface area contributed by atoms with Crippen molar-refractivity contribution in [3.8, 4) is 23.0 Å². The molecule has 1 heterocycles. The molecule has 0 aliphatic heterocycles. The summed E-state index contributed by atoms with van der Waals surface area (Å²) in [6.45, 7) is 0.452. The largest absolute Gasteiger partial charge is 0.449 e. The molecule has 0 saturated heterocycles. The van der Waals surface area contributed by atoms with Gasteiger partial charge in [-0.2, -0.15) is 0 Å². The first kappa shape index (κ1) is 20.0. The van der Waals surface area contributed by atoms with E-state index in [1.807, 2.05) is 42.5 Å². The van der Waals surface area contributed by atoms with Crippen molar-refractivity contribution < 1.29 is 9.53 Å². The lowest BCUT2D eigenvalue weighted by molar-refractivity contribution is 0.144. The van der Waals surface area contributed by atoms with Crippen molar-refractivity contribution >= 4 is 28.7 Å². The van der Waals surface area contributed by atoms with Crippen LogP contribution in [0.5, 0.6) is 0 Å². The summed E-state index contributed by atoms with van der Waals surface area (Å²) in [7, 11) is 0. The van der Waals surface area contributed by atoms with Crippen LogP contribution in [0.1, 0.15) is 22.6 Å². The first-order valence-electron chi connectivity index (χ1n) is 10.2. The fraction of sp³-hybridized carbons (Fsp3) is 0.115. The van der Waals surface area contributed by atoms with Crippen LogP contribution < -0.4 is 5.32 Å². The fourth-order valence-electron chi connectivity index (χ4n) is 3.98. The molecule has 0 unspecified atom stereocenters. The van der Waals surface area contributed by atoms with Crippen molar-refractivity contribution in [1.82, 2.24) is 15.3 Å². The van der Waals surface area contributed by atoms with Gasteiger partial charge in [-0.05, 0) is 40.5 Å². The molecule has 1 aliphatic rings. The van der Waals surface area contributed by atoms with E-state index in [2.05, 4.69) is 51.4 Å². The van der Waals surface area contributed by atoms with E-state index < -0.39 is 6.09 Å². The molecule has 5 rings (SSSR count). The third-order valence-corrected chi connectivity index (χ3v) is 5.59. The van der Waals surface area contributed by atoms with Crippen LogP contribution in [-0.2, 0) is 4.74 Å². The van der Waals surface area contributed by atoms with Crippen LogP contribution in [0.4, 0.5) is 4.79 Å². The van der Waals surface area contributed by atoms with Crippen LogP contribution in [0.25, 0.3) is 22.2 Å². The smallest absolute Gasteiger partial charge is 0.407 e. The number of carbonyl (C=O) groups excluding carboxylic acids is 1. The molecule has 0 atom stereocenters. The quantitative estimate of drug-likeness (QED) is 0.447. The van der Waals surface area contributed by atoms with Gasteiger partial charge in [0, 0.05) is 11.5 Å². The normalized spacial score (nSPS) is 11.9. The molecule has 6 heteroatoms. The molecule has 1 N–H and O–H groups in total. The summed E-state index contributed by atoms with van der Waals surface area (Å²) in [4.78, 5) is 20.7. The minimum atomic E-state index is -0.489. The van der Waals surface area contributed by atoms with Gasteiger partial charge < -0.3 is 10.1 Å². The van der Waals surface area contributed by atoms with E-state index in [4.69, 9.17) is 16.3 Å². The lowest BCUT2D eigenvalue weighted by atomic mass is 9.98. The van der Waals surface area contributed by atoms with Gasteiger partial charge in [-0.15, -0.1) is 0 Å². The topological polar surface area (TPSA) is 64.1 Å². The van der Waals surface area contributed by atoms with E-state index in [1.165, 1.54) is 28.5 Å². The van der Waals surface area contributed by atoms with Crippen LogP contribution in [0.15, 0.2) is 72.9 Å². The Bertz CT molecular complexity index is 1350. The number of aromatic nitrogens is 2. The van der Waals surface area contributed by atoms with Gasteiger partial charge in [0.1, 0.15) is 11.8 Å². The second-order valence-electron chi connectivity index (χ2n) is 7.38. The number of amides is 1. The zero-order valence-corrected chi connectivity index (χ0v) is 17.8. The van der Waals surface area contributed by atoms with Gasteiger partial charge >= 0.3 is 6.09 Å². The highest BCUT2D eigenvalue weighted by Gasteiger charge is 2.28. The second kappa shape index (κ2) is 8.70. The summed E-state index contributed by atoms with van der Waals surface area (Å²) in [6, 6.07) is 22.0. The number of nitrogens with one attached hydrogen (secondary N) is 1. The molecular weight excluding hydrogens is 422 g/mol. The third-order valence-electron chi connectivity index (χ3n) is 5.41. The fourth-order valence-corrected chi connectivity index (χ4v) is 4.12. The summed E-state index contributed by atoms with van der Waals surface area (Å²) < 4.78 is 5.51. The molecule has 0 spiro atoms. The Morgan fingerprint density at radius 2 is 1.72 bits per heavy atom. The van der Waals surface area contributed by atoms with Crippen LogP contribution in [0, 0.1) is 11.8 Å². The predicted molar refractivity (Wildman–Crippen MR) is 124 cm³/mol. The summed E-state index contributed by atoms with van der Waals surface area (Å²) in [5.74, 6) is 5.96. The molecular formula is C26H18ClN3O2. The van der Waals surface area contributed by atoms with E-state index in [9.17, 15) is 4.79 Å². The van der Waals surface area contributed by atoms with E-state index in [0.29, 0.717) is 10.7 Å². The first-order valence-corrected chi connectivity index (χ1v) is 10.6. The molecule has 5 nitrogen and oxygen atoms in total. The Kier molecular flexibility index (Phi) is 5.45. The zero-order chi connectivity index (χ0) is 21.9. The molecule has 1 aromatic heterocycles. The van der Waals surface area contributed by atoms with E-state index in [1.54, 1.807) is 0 Å². The summed E-state index contributed by atoms with van der Waals surface area (Å²) >= 11 is 5.89. The van der Waals surface area contributed by atoms with Gasteiger partial charge in [-0.25, -0.2) is 9.78 Å². The Hall–Kier alpha value is -3.88. The van der Waals surface area contributed by atoms with Gasteiger partial charge in [0.15, 0.2) is 0 Å². The average Bonchev–Trinajstić information content (AvgIpc) is 3.14. The molecule has 1 amide bonds. The number of fused-ring (bicyclic) bond motifs is 4. The number of halogens is 1. The highest BCUT2D eigenvalue weighted by Crippen LogP contribution is 2.44. The number of hydrogen-bond acceptors (Lipinski definition) is 4. The number of hydrogen-bond donors (Lipinski definition) is 1. The predicted octanol–water partition coefficient (Wildman–Crippen LogP) is 5.17. The number of carbonyl (C=O) groups is 1. The summed E-state index contributed by atoms with van der Waals surface area (Å²) in [5, 5.41) is 3.02. The Labute approximate surface area is 190 Å². The second-order valence-corrected chi connectivity index (χ2v) is 7.76. The van der Waals surface area contributed by atoms with E-state index >= 15 is 0 Å². The van der Waals surface area contributed by atoms with E-state index in [0.717, 1.165) is 11.1 Å². The maximum absolute atomic E-state index is 12.2. The molecule has 1 aliphatic carbocycles. The molecule has 32 heavy (non-hydrogen) atoms. The zero-order valence-electron chi connectivity index (χ0n) is 17.0. The standard InChI is InChI=1S/C26H18ClN3O2/c27-25-15-29-23-12-11-17(14-24(23)30-25)6-5-13-28-26(31)32-16-22-20-9-3-1-7-18(20)19-8-2-4-10-21(19)22/h1-4,7-12,14-15,22H,13,16H2,(H,28,31). The number of ether oxygens (including phenoxy) is 1. The van der Waals surface area contributed by atoms with Crippen LogP contribution in [-0.4, -0.2) is 29.2 Å². The van der Waals surface area contributed by atoms with Crippen LogP contribution in [0.3, 0.4) is 0 Å². The minimum absolute atomic E-state index is 0.0322. The molecule has 0 radical (unpaired) electrons. The Morgan fingerprint density at radius 3 is 2.47 bits per heavy atom. The molecule has 0 bridgehead atoms. The maximum Gasteiger partial charge on any atom is 0.407 e. The molecule has 156 valence electrons. The van der Waals surface area contributed by atoms with Crippen LogP contribution in [0.2, 0.25) is 5.15 Å². The highest BCUT2D eigenvalue weighted by atomic mass is 35.5. The van der Waals surface area contributed by atoms with Crippen molar-refractivity contribution in [2.24, 2.45) is 0 Å². The van der Waals surface area contributed by atoms with Crippen molar-refractivity contribution in [1.29, 1.82) is 0 Å². The van der Waals surface area contributed by atoms with Gasteiger partial charge in [0.05, 0.1) is 23.8 Å². The molecule has 3 aromatic carbocycles. The number of rotatable bonds is 3. The van der Waals surface area contributed by atoms with Crippen molar-refractivity contribution in [3.05, 3.63) is 94.8 Å².